The molecule has 1 amide bonds. The van der Waals surface area contributed by atoms with E-state index in [0.717, 1.165) is 38.7 Å². The number of anilines is 1. The summed E-state index contributed by atoms with van der Waals surface area (Å²) in [5.74, 6) is 0.0808. The Balaban J connectivity index is 1.59. The largest absolute Gasteiger partial charge is 0.398 e. The van der Waals surface area contributed by atoms with Crippen molar-refractivity contribution < 1.29 is 4.79 Å². The van der Waals surface area contributed by atoms with Crippen molar-refractivity contribution >= 4 is 55.5 Å². The lowest BCUT2D eigenvalue weighted by atomic mass is 9.94. The van der Waals surface area contributed by atoms with Crippen molar-refractivity contribution in [2.24, 2.45) is 0 Å². The second-order valence-electron chi connectivity index (χ2n) is 7.43. The molecule has 5 rings (SSSR count). The van der Waals surface area contributed by atoms with Gasteiger partial charge in [-0.05, 0) is 35.7 Å². The third-order valence-electron chi connectivity index (χ3n) is 5.61. The third-order valence-corrected chi connectivity index (χ3v) is 6.84. The van der Waals surface area contributed by atoms with Crippen LogP contribution in [0.4, 0.5) is 5.69 Å². The highest BCUT2D eigenvalue weighted by atomic mass is 35.5. The van der Waals surface area contributed by atoms with Gasteiger partial charge in [-0.2, -0.15) is 0 Å². The number of rotatable bonds is 4. The van der Waals surface area contributed by atoms with Crippen LogP contribution < -0.4 is 11.1 Å². The first-order valence-corrected chi connectivity index (χ1v) is 11.0. The quantitative estimate of drug-likeness (QED) is 0.474. The van der Waals surface area contributed by atoms with E-state index in [-0.39, 0.29) is 11.9 Å². The average molecular weight is 438 g/mol. The number of piperazine rings is 1. The summed E-state index contributed by atoms with van der Waals surface area (Å²) < 4.78 is 1.76. The van der Waals surface area contributed by atoms with Crippen LogP contribution in [-0.2, 0) is 11.2 Å². The van der Waals surface area contributed by atoms with E-state index in [9.17, 15) is 4.79 Å². The zero-order chi connectivity index (χ0) is 20.7. The third kappa shape index (κ3) is 3.49. The molecule has 1 aliphatic rings. The maximum atomic E-state index is 12.8. The second-order valence-corrected chi connectivity index (χ2v) is 9.15. The summed E-state index contributed by atoms with van der Waals surface area (Å²) in [6.07, 6.45) is 4.00. The van der Waals surface area contributed by atoms with Crippen molar-refractivity contribution in [3.63, 3.8) is 0 Å². The number of amides is 1. The lowest BCUT2D eigenvalue weighted by Crippen LogP contribution is -2.50. The van der Waals surface area contributed by atoms with Gasteiger partial charge in [0.25, 0.3) is 0 Å². The van der Waals surface area contributed by atoms with Crippen LogP contribution in [0.15, 0.2) is 48.9 Å². The predicted molar refractivity (Wildman–Crippen MR) is 122 cm³/mol. The maximum absolute atomic E-state index is 12.8. The molecule has 2 aromatic heterocycles. The van der Waals surface area contributed by atoms with Gasteiger partial charge < -0.3 is 16.0 Å². The number of nitrogen functional groups attached to an aromatic ring is 1. The Kier molecular flexibility index (Phi) is 5.02. The maximum Gasteiger partial charge on any atom is 0.237 e. The van der Waals surface area contributed by atoms with Crippen molar-refractivity contribution in [2.45, 2.75) is 12.5 Å². The number of thiophene rings is 1. The minimum absolute atomic E-state index is 0.0808. The number of benzene rings is 2. The zero-order valence-electron chi connectivity index (χ0n) is 16.1. The van der Waals surface area contributed by atoms with Gasteiger partial charge in [0.15, 0.2) is 0 Å². The summed E-state index contributed by atoms with van der Waals surface area (Å²) >= 11 is 7.73. The van der Waals surface area contributed by atoms with E-state index in [1.165, 1.54) is 11.3 Å². The molecule has 152 valence electrons. The molecule has 1 atom stereocenters. The molecular formula is C22H20ClN5OS. The van der Waals surface area contributed by atoms with Gasteiger partial charge in [0.2, 0.25) is 5.91 Å². The number of aromatic nitrogens is 2. The molecule has 4 aromatic rings. The fourth-order valence-electron chi connectivity index (χ4n) is 4.12. The molecule has 3 heterocycles. The van der Waals surface area contributed by atoms with E-state index in [1.54, 1.807) is 12.5 Å². The SMILES string of the molecule is Nc1c(C(Cc2ccc3cncnc3c2)N2CCNCC2=O)ccc2sc(Cl)cc12. The second kappa shape index (κ2) is 7.83. The van der Waals surface area contributed by atoms with Crippen LogP contribution in [-0.4, -0.2) is 40.4 Å². The number of nitrogens with one attached hydrogen (secondary N) is 1. The van der Waals surface area contributed by atoms with Gasteiger partial charge >= 0.3 is 0 Å². The number of carbonyl (C=O) groups is 1. The normalized spacial score (nSPS) is 15.8. The van der Waals surface area contributed by atoms with E-state index in [0.29, 0.717) is 29.5 Å². The molecule has 6 nitrogen and oxygen atoms in total. The van der Waals surface area contributed by atoms with Crippen LogP contribution in [0.25, 0.3) is 21.0 Å². The minimum Gasteiger partial charge on any atom is -0.398 e. The average Bonchev–Trinajstić information content (AvgIpc) is 3.14. The topological polar surface area (TPSA) is 84.1 Å². The highest BCUT2D eigenvalue weighted by molar-refractivity contribution is 7.22. The first-order chi connectivity index (χ1) is 14.6. The van der Waals surface area contributed by atoms with Gasteiger partial charge in [-0.15, -0.1) is 11.3 Å². The van der Waals surface area contributed by atoms with Crippen LogP contribution >= 0.6 is 22.9 Å². The van der Waals surface area contributed by atoms with Crippen molar-refractivity contribution in [3.05, 3.63) is 64.4 Å². The molecule has 0 aliphatic carbocycles. The fraction of sp³-hybridized carbons (Fsp3) is 0.227. The Hall–Kier alpha value is -2.74. The molecular weight excluding hydrogens is 418 g/mol. The molecule has 0 radical (unpaired) electrons. The first kappa shape index (κ1) is 19.2. The number of hydrogen-bond acceptors (Lipinski definition) is 6. The summed E-state index contributed by atoms with van der Waals surface area (Å²) in [7, 11) is 0. The van der Waals surface area contributed by atoms with Crippen LogP contribution in [0.5, 0.6) is 0 Å². The Morgan fingerprint density at radius 2 is 2.17 bits per heavy atom. The summed E-state index contributed by atoms with van der Waals surface area (Å²) in [5, 5.41) is 5.09. The summed E-state index contributed by atoms with van der Waals surface area (Å²) in [6, 6.07) is 12.0. The van der Waals surface area contributed by atoms with Crippen LogP contribution in [0.3, 0.4) is 0 Å². The Labute approximate surface area is 182 Å². The molecule has 8 heteroatoms. The summed E-state index contributed by atoms with van der Waals surface area (Å²) in [5.41, 5.74) is 10.2. The van der Waals surface area contributed by atoms with Crippen molar-refractivity contribution in [2.75, 3.05) is 25.4 Å². The van der Waals surface area contributed by atoms with E-state index in [1.807, 2.05) is 29.2 Å². The Morgan fingerprint density at radius 1 is 1.27 bits per heavy atom. The van der Waals surface area contributed by atoms with Gasteiger partial charge in [0.05, 0.1) is 22.4 Å². The first-order valence-electron chi connectivity index (χ1n) is 9.76. The van der Waals surface area contributed by atoms with Gasteiger partial charge in [-0.25, -0.2) is 9.97 Å². The number of fused-ring (bicyclic) bond motifs is 2. The van der Waals surface area contributed by atoms with Gasteiger partial charge in [0.1, 0.15) is 6.33 Å². The summed E-state index contributed by atoms with van der Waals surface area (Å²) in [6.45, 7) is 1.74. The lowest BCUT2D eigenvalue weighted by molar-refractivity contribution is -0.134. The smallest absolute Gasteiger partial charge is 0.237 e. The monoisotopic (exact) mass is 437 g/mol. The molecule has 1 fully saturated rings. The van der Waals surface area contributed by atoms with Gasteiger partial charge in [-0.3, -0.25) is 4.79 Å². The molecule has 2 aromatic carbocycles. The highest BCUT2D eigenvalue weighted by Crippen LogP contribution is 2.39. The molecule has 0 spiro atoms. The fourth-order valence-corrected chi connectivity index (χ4v) is 5.28. The Bertz CT molecular complexity index is 1260. The Morgan fingerprint density at radius 3 is 3.03 bits per heavy atom. The van der Waals surface area contributed by atoms with Crippen LogP contribution in [0.1, 0.15) is 17.2 Å². The lowest BCUT2D eigenvalue weighted by Gasteiger charge is -2.36. The van der Waals surface area contributed by atoms with E-state index in [4.69, 9.17) is 17.3 Å². The molecule has 1 saturated heterocycles. The van der Waals surface area contributed by atoms with Crippen molar-refractivity contribution in [3.8, 4) is 0 Å². The molecule has 30 heavy (non-hydrogen) atoms. The predicted octanol–water partition coefficient (Wildman–Crippen LogP) is 3.80. The minimum atomic E-state index is -0.165. The number of carbonyl (C=O) groups excluding carboxylic acids is 1. The standard InChI is InChI=1S/C22H20ClN5OS/c23-20-9-16-19(30-20)4-3-15(22(16)24)18(28-6-5-25-11-21(28)29)8-13-1-2-14-10-26-12-27-17(14)7-13/h1-4,7,9-10,12,18,25H,5-6,8,11,24H2. The summed E-state index contributed by atoms with van der Waals surface area (Å²) in [4.78, 5) is 23.2. The van der Waals surface area contributed by atoms with Gasteiger partial charge in [-0.1, -0.05) is 29.8 Å². The highest BCUT2D eigenvalue weighted by Gasteiger charge is 2.29. The van der Waals surface area contributed by atoms with Crippen LogP contribution in [0, 0.1) is 0 Å². The van der Waals surface area contributed by atoms with Crippen LogP contribution in [0.2, 0.25) is 4.34 Å². The molecule has 1 aliphatic heterocycles. The molecule has 0 saturated carbocycles. The molecule has 3 N–H and O–H groups in total. The molecule has 0 bridgehead atoms. The number of nitrogens with two attached hydrogens (primary N) is 1. The van der Waals surface area contributed by atoms with E-state index in [2.05, 4.69) is 27.4 Å². The number of nitrogens with zero attached hydrogens (tertiary/aromatic N) is 3. The molecule has 1 unspecified atom stereocenters. The number of halogens is 1. The van der Waals surface area contributed by atoms with Gasteiger partial charge in [0, 0.05) is 40.4 Å². The van der Waals surface area contributed by atoms with Crippen molar-refractivity contribution in [1.29, 1.82) is 0 Å². The van der Waals surface area contributed by atoms with E-state index < -0.39 is 0 Å². The van der Waals surface area contributed by atoms with E-state index >= 15 is 0 Å². The number of hydrogen-bond donors (Lipinski definition) is 2. The van der Waals surface area contributed by atoms with Crippen molar-refractivity contribution in [1.82, 2.24) is 20.2 Å². The zero-order valence-corrected chi connectivity index (χ0v) is 17.7.